The fourth-order valence-electron chi connectivity index (χ4n) is 1.37. The molecular weight excluding hydrogens is 196 g/mol. The average Bonchev–Trinajstić information content (AvgIpc) is 2.15. The van der Waals surface area contributed by atoms with E-state index in [9.17, 15) is 4.80 Å². The number of hydrogen-bond acceptors (Lipinski definition) is 3. The van der Waals surface area contributed by atoms with Crippen LogP contribution in [-0.2, 0) is 0 Å². The molecule has 1 N–H and O–H groups in total. The second-order valence-corrected chi connectivity index (χ2v) is 7.26. The molecule has 0 atom stereocenters. The Hall–Kier alpha value is -1.00. The van der Waals surface area contributed by atoms with Crippen molar-refractivity contribution in [1.29, 1.82) is 0 Å². The van der Waals surface area contributed by atoms with Crippen molar-refractivity contribution in [3.63, 3.8) is 0 Å². The topological polar surface area (TPSA) is 38.7 Å². The third-order valence-corrected chi connectivity index (χ3v) is 3.77. The van der Waals surface area contributed by atoms with E-state index in [2.05, 4.69) is 0 Å². The molecule has 1 aromatic rings. The second kappa shape index (κ2) is 4.02. The van der Waals surface area contributed by atoms with Gasteiger partial charge in [0.05, 0.1) is 14.2 Å². The molecule has 0 aliphatic heterocycles. The minimum absolute atomic E-state index is 0.647. The van der Waals surface area contributed by atoms with Gasteiger partial charge in [0.25, 0.3) is 0 Å². The van der Waals surface area contributed by atoms with E-state index in [0.717, 1.165) is 5.19 Å². The van der Waals surface area contributed by atoms with Crippen molar-refractivity contribution < 1.29 is 14.3 Å². The summed E-state index contributed by atoms with van der Waals surface area (Å²) in [6, 6.07) is 5.57. The quantitative estimate of drug-likeness (QED) is 0.763. The van der Waals surface area contributed by atoms with Crippen molar-refractivity contribution in [2.24, 2.45) is 0 Å². The summed E-state index contributed by atoms with van der Waals surface area (Å²) >= 11 is 0. The zero-order valence-electron chi connectivity index (χ0n) is 9.00. The van der Waals surface area contributed by atoms with Crippen LogP contribution in [0.4, 0.5) is 0 Å². The average molecular weight is 212 g/mol. The maximum Gasteiger partial charge on any atom is 0.217 e. The van der Waals surface area contributed by atoms with Crippen LogP contribution in [0.3, 0.4) is 0 Å². The summed E-state index contributed by atoms with van der Waals surface area (Å²) in [5, 5.41) is 0.861. The Labute approximate surface area is 85.4 Å². The molecule has 3 nitrogen and oxygen atoms in total. The molecule has 0 aliphatic rings. The summed E-state index contributed by atoms with van der Waals surface area (Å²) in [7, 11) is 0.824. The minimum atomic E-state index is -2.35. The summed E-state index contributed by atoms with van der Waals surface area (Å²) in [4.78, 5) is 10.0. The van der Waals surface area contributed by atoms with Crippen molar-refractivity contribution in [2.75, 3.05) is 14.2 Å². The number of methoxy groups -OCH3 is 2. The first-order valence-electron chi connectivity index (χ1n) is 4.44. The van der Waals surface area contributed by atoms with Gasteiger partial charge in [-0.25, -0.2) is 0 Å². The van der Waals surface area contributed by atoms with Crippen LogP contribution in [0.2, 0.25) is 13.1 Å². The molecule has 0 aliphatic carbocycles. The van der Waals surface area contributed by atoms with Crippen LogP contribution in [0.5, 0.6) is 11.5 Å². The van der Waals surface area contributed by atoms with Gasteiger partial charge in [0.1, 0.15) is 0 Å². The Kier molecular flexibility index (Phi) is 3.18. The first kappa shape index (κ1) is 11.1. The fraction of sp³-hybridized carbons (Fsp3) is 0.400. The van der Waals surface area contributed by atoms with Gasteiger partial charge in [0.2, 0.25) is 8.32 Å². The molecule has 0 aromatic heterocycles. The normalized spacial score (nSPS) is 11.2. The largest absolute Gasteiger partial charge is 0.493 e. The van der Waals surface area contributed by atoms with Gasteiger partial charge >= 0.3 is 0 Å². The number of benzene rings is 1. The number of ether oxygens (including phenoxy) is 2. The molecule has 4 heteroatoms. The van der Waals surface area contributed by atoms with Crippen LogP contribution >= 0.6 is 0 Å². The van der Waals surface area contributed by atoms with E-state index in [-0.39, 0.29) is 0 Å². The molecule has 0 radical (unpaired) electrons. The minimum Gasteiger partial charge on any atom is -0.493 e. The van der Waals surface area contributed by atoms with Gasteiger partial charge in [0, 0.05) is 5.19 Å². The van der Waals surface area contributed by atoms with Gasteiger partial charge in [-0.1, -0.05) is 12.1 Å². The number of para-hydroxylation sites is 1. The van der Waals surface area contributed by atoms with Crippen molar-refractivity contribution in [3.05, 3.63) is 18.2 Å². The Bertz CT molecular complexity index is 318. The predicted octanol–water partition coefficient (Wildman–Crippen LogP) is 1.11. The van der Waals surface area contributed by atoms with E-state index in [4.69, 9.17) is 9.47 Å². The van der Waals surface area contributed by atoms with Crippen LogP contribution in [0.15, 0.2) is 18.2 Å². The maximum atomic E-state index is 10.0. The lowest BCUT2D eigenvalue weighted by Gasteiger charge is -2.19. The molecule has 0 unspecified atom stereocenters. The van der Waals surface area contributed by atoms with E-state index in [1.54, 1.807) is 14.2 Å². The van der Waals surface area contributed by atoms with Gasteiger partial charge in [0.15, 0.2) is 11.5 Å². The van der Waals surface area contributed by atoms with Gasteiger partial charge < -0.3 is 14.3 Å². The SMILES string of the molecule is COc1cccc([Si](C)(C)O)c1OC. The molecule has 1 rings (SSSR count). The Morgan fingerprint density at radius 1 is 1.14 bits per heavy atom. The highest BCUT2D eigenvalue weighted by atomic mass is 28.4. The van der Waals surface area contributed by atoms with Crippen LogP contribution in [0.25, 0.3) is 0 Å². The third-order valence-electron chi connectivity index (χ3n) is 2.06. The fourth-order valence-corrected chi connectivity index (χ4v) is 2.65. The Balaban J connectivity index is 3.29. The number of rotatable bonds is 3. The van der Waals surface area contributed by atoms with Crippen molar-refractivity contribution in [1.82, 2.24) is 0 Å². The van der Waals surface area contributed by atoms with Crippen LogP contribution in [0.1, 0.15) is 0 Å². The van der Waals surface area contributed by atoms with Gasteiger partial charge in [-0.15, -0.1) is 0 Å². The molecule has 0 fully saturated rings. The standard InChI is InChI=1S/C10H16O3Si/c1-12-8-6-5-7-9(10(8)13-2)14(3,4)11/h5-7,11H,1-4H3. The van der Waals surface area contributed by atoms with Crippen LogP contribution in [-0.4, -0.2) is 27.3 Å². The highest BCUT2D eigenvalue weighted by Crippen LogP contribution is 2.25. The van der Waals surface area contributed by atoms with Crippen molar-refractivity contribution in [3.8, 4) is 11.5 Å². The first-order valence-corrected chi connectivity index (χ1v) is 7.39. The van der Waals surface area contributed by atoms with E-state index < -0.39 is 8.32 Å². The summed E-state index contributed by atoms with van der Waals surface area (Å²) in [6.45, 7) is 3.70. The molecule has 1 aromatic carbocycles. The van der Waals surface area contributed by atoms with E-state index in [1.807, 2.05) is 31.3 Å². The van der Waals surface area contributed by atoms with E-state index in [0.29, 0.717) is 11.5 Å². The van der Waals surface area contributed by atoms with E-state index >= 15 is 0 Å². The molecule has 0 saturated carbocycles. The highest BCUT2D eigenvalue weighted by Gasteiger charge is 2.26. The second-order valence-electron chi connectivity index (χ2n) is 3.60. The molecular formula is C10H16O3Si. The number of hydrogen-bond donors (Lipinski definition) is 1. The van der Waals surface area contributed by atoms with Crippen LogP contribution in [0, 0.1) is 0 Å². The molecule has 14 heavy (non-hydrogen) atoms. The lowest BCUT2D eigenvalue weighted by molar-refractivity contribution is 0.356. The smallest absolute Gasteiger partial charge is 0.217 e. The molecule has 0 amide bonds. The van der Waals surface area contributed by atoms with E-state index in [1.165, 1.54) is 0 Å². The summed E-state index contributed by atoms with van der Waals surface area (Å²) in [5.74, 6) is 1.31. The molecule has 0 spiro atoms. The van der Waals surface area contributed by atoms with Gasteiger partial charge in [-0.2, -0.15) is 0 Å². The zero-order valence-corrected chi connectivity index (χ0v) is 10.00. The maximum absolute atomic E-state index is 10.0. The molecule has 0 saturated heterocycles. The molecule has 0 heterocycles. The predicted molar refractivity (Wildman–Crippen MR) is 58.9 cm³/mol. The third kappa shape index (κ3) is 2.08. The molecule has 78 valence electrons. The summed E-state index contributed by atoms with van der Waals surface area (Å²) < 4.78 is 10.4. The Morgan fingerprint density at radius 3 is 2.21 bits per heavy atom. The van der Waals surface area contributed by atoms with Gasteiger partial charge in [-0.05, 0) is 19.2 Å². The highest BCUT2D eigenvalue weighted by molar-refractivity contribution is 6.84. The summed E-state index contributed by atoms with van der Waals surface area (Å²) in [6.07, 6.45) is 0. The lowest BCUT2D eigenvalue weighted by atomic mass is 10.3. The molecule has 0 bridgehead atoms. The van der Waals surface area contributed by atoms with Crippen molar-refractivity contribution >= 4 is 13.5 Å². The Morgan fingerprint density at radius 2 is 1.79 bits per heavy atom. The van der Waals surface area contributed by atoms with Crippen LogP contribution < -0.4 is 14.7 Å². The first-order chi connectivity index (χ1) is 6.50. The monoisotopic (exact) mass is 212 g/mol. The lowest BCUT2D eigenvalue weighted by Crippen LogP contribution is -2.42. The zero-order chi connectivity index (χ0) is 10.8. The summed E-state index contributed by atoms with van der Waals surface area (Å²) in [5.41, 5.74) is 0. The van der Waals surface area contributed by atoms with Gasteiger partial charge in [-0.3, -0.25) is 0 Å². The van der Waals surface area contributed by atoms with Crippen molar-refractivity contribution in [2.45, 2.75) is 13.1 Å².